The molecule has 0 atom stereocenters. The highest BCUT2D eigenvalue weighted by molar-refractivity contribution is 7.13. The van der Waals surface area contributed by atoms with Crippen LogP contribution in [-0.2, 0) is 4.74 Å². The van der Waals surface area contributed by atoms with E-state index in [9.17, 15) is 4.79 Å². The normalized spacial score (nSPS) is 13.7. The molecule has 0 aliphatic carbocycles. The zero-order valence-electron chi connectivity index (χ0n) is 14.5. The van der Waals surface area contributed by atoms with Crippen molar-refractivity contribution in [1.82, 2.24) is 15.0 Å². The minimum absolute atomic E-state index is 0.150. The number of nitrogens with zero attached hydrogens (tertiary/aromatic N) is 3. The Bertz CT molecular complexity index is 1020. The zero-order valence-corrected chi connectivity index (χ0v) is 15.3. The Hall–Kier alpha value is -2.80. The fourth-order valence-corrected chi connectivity index (χ4v) is 3.72. The predicted octanol–water partition coefficient (Wildman–Crippen LogP) is 3.46. The minimum Gasteiger partial charge on any atom is -0.475 e. The number of hydrogen-bond donors (Lipinski definition) is 1. The van der Waals surface area contributed by atoms with Crippen LogP contribution in [-0.4, -0.2) is 34.0 Å². The maximum absolute atomic E-state index is 12.7. The van der Waals surface area contributed by atoms with Crippen LogP contribution >= 0.6 is 11.3 Å². The summed E-state index contributed by atoms with van der Waals surface area (Å²) in [4.78, 5) is 28.8. The number of pyridine rings is 2. The van der Waals surface area contributed by atoms with E-state index in [0.29, 0.717) is 30.3 Å². The molecule has 26 heavy (non-hydrogen) atoms. The molecule has 7 heteroatoms. The van der Waals surface area contributed by atoms with Crippen LogP contribution in [0.4, 0.5) is 0 Å². The molecule has 0 unspecified atom stereocenters. The summed E-state index contributed by atoms with van der Waals surface area (Å²) >= 11 is 1.50. The average molecular weight is 366 g/mol. The SMILES string of the molecule is CC(C)c1[nH]c(=O)c(-c2csc(-c3ccncc3)n2)cc1C1=NCCO1. The highest BCUT2D eigenvalue weighted by Crippen LogP contribution is 2.29. The van der Waals surface area contributed by atoms with E-state index in [4.69, 9.17) is 4.74 Å². The minimum atomic E-state index is -0.150. The van der Waals surface area contributed by atoms with Gasteiger partial charge in [0.25, 0.3) is 5.56 Å². The highest BCUT2D eigenvalue weighted by Gasteiger charge is 2.21. The van der Waals surface area contributed by atoms with Crippen molar-refractivity contribution in [3.8, 4) is 21.8 Å². The first-order valence-electron chi connectivity index (χ1n) is 8.44. The summed E-state index contributed by atoms with van der Waals surface area (Å²) < 4.78 is 5.64. The molecule has 4 rings (SSSR count). The number of aliphatic imine (C=N–C) groups is 1. The van der Waals surface area contributed by atoms with Gasteiger partial charge >= 0.3 is 0 Å². The molecular formula is C19H18N4O2S. The van der Waals surface area contributed by atoms with Crippen LogP contribution in [0.25, 0.3) is 21.8 Å². The Morgan fingerprint density at radius 3 is 2.73 bits per heavy atom. The quantitative estimate of drug-likeness (QED) is 0.767. The van der Waals surface area contributed by atoms with Gasteiger partial charge in [0, 0.05) is 29.0 Å². The number of ether oxygens (including phenoxy) is 1. The van der Waals surface area contributed by atoms with Crippen molar-refractivity contribution in [2.75, 3.05) is 13.2 Å². The fraction of sp³-hybridized carbons (Fsp3) is 0.263. The molecule has 3 aromatic heterocycles. The second-order valence-electron chi connectivity index (χ2n) is 6.30. The first kappa shape index (κ1) is 16.7. The first-order valence-corrected chi connectivity index (χ1v) is 9.32. The molecule has 0 bridgehead atoms. The van der Waals surface area contributed by atoms with E-state index in [-0.39, 0.29) is 11.5 Å². The van der Waals surface area contributed by atoms with E-state index in [2.05, 4.69) is 19.9 Å². The Morgan fingerprint density at radius 1 is 1.23 bits per heavy atom. The largest absolute Gasteiger partial charge is 0.475 e. The zero-order chi connectivity index (χ0) is 18.1. The molecule has 3 aromatic rings. The second-order valence-corrected chi connectivity index (χ2v) is 7.16. The third-order valence-corrected chi connectivity index (χ3v) is 5.06. The van der Waals surface area contributed by atoms with Crippen LogP contribution in [0.3, 0.4) is 0 Å². The lowest BCUT2D eigenvalue weighted by molar-refractivity contribution is 0.348. The summed E-state index contributed by atoms with van der Waals surface area (Å²) in [7, 11) is 0. The van der Waals surface area contributed by atoms with Gasteiger partial charge in [0.1, 0.15) is 11.6 Å². The van der Waals surface area contributed by atoms with Crippen LogP contribution in [0.5, 0.6) is 0 Å². The number of thiazole rings is 1. The number of aromatic nitrogens is 3. The van der Waals surface area contributed by atoms with E-state index in [1.807, 2.05) is 37.4 Å². The van der Waals surface area contributed by atoms with Crippen molar-refractivity contribution in [1.29, 1.82) is 0 Å². The van der Waals surface area contributed by atoms with Gasteiger partial charge in [-0.15, -0.1) is 11.3 Å². The van der Waals surface area contributed by atoms with Gasteiger partial charge in [0.05, 0.1) is 23.4 Å². The van der Waals surface area contributed by atoms with Crippen LogP contribution in [0.2, 0.25) is 0 Å². The lowest BCUT2D eigenvalue weighted by Gasteiger charge is -2.13. The maximum atomic E-state index is 12.7. The summed E-state index contributed by atoms with van der Waals surface area (Å²) in [5.41, 5.74) is 3.68. The molecule has 0 saturated carbocycles. The first-order chi connectivity index (χ1) is 12.6. The monoisotopic (exact) mass is 366 g/mol. The topological polar surface area (TPSA) is 80.2 Å². The number of nitrogens with one attached hydrogen (secondary N) is 1. The maximum Gasteiger partial charge on any atom is 0.257 e. The van der Waals surface area contributed by atoms with Gasteiger partial charge < -0.3 is 9.72 Å². The molecule has 0 aromatic carbocycles. The Balaban J connectivity index is 1.81. The van der Waals surface area contributed by atoms with Gasteiger partial charge in [-0.2, -0.15) is 0 Å². The van der Waals surface area contributed by atoms with E-state index in [0.717, 1.165) is 21.8 Å². The summed E-state index contributed by atoms with van der Waals surface area (Å²) in [6.07, 6.45) is 3.46. The van der Waals surface area contributed by atoms with Crippen LogP contribution < -0.4 is 5.56 Å². The Kier molecular flexibility index (Phi) is 4.38. The molecule has 6 nitrogen and oxygen atoms in total. The number of rotatable bonds is 4. The molecule has 0 radical (unpaired) electrons. The van der Waals surface area contributed by atoms with E-state index in [1.165, 1.54) is 11.3 Å². The molecule has 0 spiro atoms. The molecule has 1 aliphatic heterocycles. The van der Waals surface area contributed by atoms with Crippen LogP contribution in [0, 0.1) is 0 Å². The van der Waals surface area contributed by atoms with Gasteiger partial charge in [0.15, 0.2) is 0 Å². The van der Waals surface area contributed by atoms with E-state index in [1.54, 1.807) is 12.4 Å². The van der Waals surface area contributed by atoms with E-state index < -0.39 is 0 Å². The number of hydrogen-bond acceptors (Lipinski definition) is 6. The Labute approximate surface area is 154 Å². The van der Waals surface area contributed by atoms with Crippen LogP contribution in [0.15, 0.2) is 45.8 Å². The fourth-order valence-electron chi connectivity index (χ4n) is 2.89. The predicted molar refractivity (Wildman–Crippen MR) is 103 cm³/mol. The van der Waals surface area contributed by atoms with Gasteiger partial charge in [0.2, 0.25) is 5.90 Å². The lowest BCUT2D eigenvalue weighted by atomic mass is 10.0. The standard InChI is InChI=1S/C19H18N4O2S/c1-11(2)16-14(18-21-7-8-25-18)9-13(17(24)23-16)15-10-26-19(22-15)12-3-5-20-6-4-12/h3-6,9-11H,7-8H2,1-2H3,(H,23,24). The molecule has 0 fully saturated rings. The summed E-state index contributed by atoms with van der Waals surface area (Å²) in [6.45, 7) is 5.29. The van der Waals surface area contributed by atoms with Crippen molar-refractivity contribution in [3.63, 3.8) is 0 Å². The number of H-pyrrole nitrogens is 1. The lowest BCUT2D eigenvalue weighted by Crippen LogP contribution is -2.18. The van der Waals surface area contributed by atoms with Gasteiger partial charge in [-0.1, -0.05) is 13.8 Å². The third-order valence-electron chi connectivity index (χ3n) is 4.17. The molecule has 1 N–H and O–H groups in total. The summed E-state index contributed by atoms with van der Waals surface area (Å²) in [5, 5.41) is 2.75. The van der Waals surface area contributed by atoms with Crippen LogP contribution in [0.1, 0.15) is 31.0 Å². The summed E-state index contributed by atoms with van der Waals surface area (Å²) in [5.74, 6) is 0.747. The second kappa shape index (κ2) is 6.84. The van der Waals surface area contributed by atoms with Crippen molar-refractivity contribution >= 4 is 17.2 Å². The Morgan fingerprint density at radius 2 is 2.04 bits per heavy atom. The van der Waals surface area contributed by atoms with Gasteiger partial charge in [-0.3, -0.25) is 9.78 Å². The molecule has 1 aliphatic rings. The molecular weight excluding hydrogens is 348 g/mol. The van der Waals surface area contributed by atoms with Crippen molar-refractivity contribution in [3.05, 3.63) is 57.6 Å². The molecule has 0 amide bonds. The van der Waals surface area contributed by atoms with Gasteiger partial charge in [-0.05, 0) is 24.1 Å². The van der Waals surface area contributed by atoms with E-state index >= 15 is 0 Å². The third kappa shape index (κ3) is 3.06. The van der Waals surface area contributed by atoms with Crippen molar-refractivity contribution in [2.24, 2.45) is 4.99 Å². The average Bonchev–Trinajstić information content (AvgIpc) is 3.34. The molecule has 4 heterocycles. The smallest absolute Gasteiger partial charge is 0.257 e. The highest BCUT2D eigenvalue weighted by atomic mass is 32.1. The molecule has 0 saturated heterocycles. The van der Waals surface area contributed by atoms with Crippen molar-refractivity contribution in [2.45, 2.75) is 19.8 Å². The number of aromatic amines is 1. The summed E-state index contributed by atoms with van der Waals surface area (Å²) in [6, 6.07) is 5.66. The van der Waals surface area contributed by atoms with Crippen molar-refractivity contribution < 1.29 is 4.74 Å². The molecule has 132 valence electrons. The van der Waals surface area contributed by atoms with Gasteiger partial charge in [-0.25, -0.2) is 9.98 Å².